The van der Waals surface area contributed by atoms with Gasteiger partial charge in [-0.25, -0.2) is 0 Å². The smallest absolute Gasteiger partial charge is 0.0204 e. The summed E-state index contributed by atoms with van der Waals surface area (Å²) in [6, 6.07) is 0. The molecule has 100 valence electrons. The van der Waals surface area contributed by atoms with Gasteiger partial charge >= 0.3 is 0 Å². The molecule has 0 heterocycles. The zero-order valence-corrected chi connectivity index (χ0v) is 11.8. The van der Waals surface area contributed by atoms with Gasteiger partial charge in [-0.15, -0.1) is 0 Å². The molecule has 0 aromatic carbocycles. The fourth-order valence-corrected chi connectivity index (χ4v) is 8.35. The van der Waals surface area contributed by atoms with E-state index in [1.165, 1.54) is 23.7 Å². The highest BCUT2D eigenvalue weighted by Gasteiger charge is 2.71. The van der Waals surface area contributed by atoms with E-state index < -0.39 is 0 Å². The van der Waals surface area contributed by atoms with E-state index in [2.05, 4.69) is 0 Å². The van der Waals surface area contributed by atoms with E-state index in [9.17, 15) is 0 Å². The molecule has 0 aromatic rings. The minimum absolute atomic E-state index is 0.877. The van der Waals surface area contributed by atoms with Gasteiger partial charge in [-0.3, -0.25) is 0 Å². The van der Waals surface area contributed by atoms with Gasteiger partial charge in [0.1, 0.15) is 0 Å². The summed E-state index contributed by atoms with van der Waals surface area (Å²) in [6.45, 7) is 0. The number of hydrogen-bond acceptors (Lipinski definition) is 0. The monoisotopic (exact) mass is 244 g/mol. The predicted octanol–water partition coefficient (Wildman–Crippen LogP) is 5.17. The van der Waals surface area contributed by atoms with E-state index in [-0.39, 0.29) is 0 Å². The molecule has 0 saturated heterocycles. The standard InChI is InChI=1S/C18H28/c1-2-10-18-12-14-6-3-7-15(14)17(18,9-1)11-13-5-4-8-16(13)18/h13-16H,1-12H2. The summed E-state index contributed by atoms with van der Waals surface area (Å²) < 4.78 is 0. The molecule has 0 amide bonds. The molecule has 0 N–H and O–H groups in total. The van der Waals surface area contributed by atoms with Crippen LogP contribution in [0.3, 0.4) is 0 Å². The normalized spacial score (nSPS) is 61.3. The van der Waals surface area contributed by atoms with Crippen molar-refractivity contribution in [3.63, 3.8) is 0 Å². The van der Waals surface area contributed by atoms with Gasteiger partial charge in [0.05, 0.1) is 0 Å². The summed E-state index contributed by atoms with van der Waals surface area (Å²) in [5, 5.41) is 0. The predicted molar refractivity (Wildman–Crippen MR) is 74.2 cm³/mol. The second-order valence-electron chi connectivity index (χ2n) is 8.52. The molecule has 6 atom stereocenters. The van der Waals surface area contributed by atoms with Crippen LogP contribution in [0.15, 0.2) is 0 Å². The van der Waals surface area contributed by atoms with Crippen LogP contribution in [0.2, 0.25) is 0 Å². The van der Waals surface area contributed by atoms with Gasteiger partial charge in [-0.1, -0.05) is 38.5 Å². The van der Waals surface area contributed by atoms with Crippen LogP contribution in [0.25, 0.3) is 0 Å². The lowest BCUT2D eigenvalue weighted by Gasteiger charge is -2.50. The van der Waals surface area contributed by atoms with Crippen molar-refractivity contribution in [2.24, 2.45) is 34.5 Å². The van der Waals surface area contributed by atoms with Crippen LogP contribution in [0.1, 0.15) is 77.0 Å². The molecule has 0 nitrogen and oxygen atoms in total. The summed E-state index contributed by atoms with van der Waals surface area (Å²) in [7, 11) is 0. The molecule has 6 unspecified atom stereocenters. The van der Waals surface area contributed by atoms with Gasteiger partial charge in [-0.05, 0) is 73.0 Å². The van der Waals surface area contributed by atoms with E-state index in [0.717, 1.165) is 10.8 Å². The third-order valence-corrected chi connectivity index (χ3v) is 8.48. The van der Waals surface area contributed by atoms with Crippen molar-refractivity contribution in [1.29, 1.82) is 0 Å². The average molecular weight is 244 g/mol. The molecule has 0 radical (unpaired) electrons. The Balaban J connectivity index is 1.65. The van der Waals surface area contributed by atoms with Crippen LogP contribution >= 0.6 is 0 Å². The molecule has 0 bridgehead atoms. The van der Waals surface area contributed by atoms with Crippen molar-refractivity contribution < 1.29 is 0 Å². The van der Waals surface area contributed by atoms with Crippen molar-refractivity contribution in [3.8, 4) is 0 Å². The molecule has 5 aliphatic rings. The summed E-state index contributed by atoms with van der Waals surface area (Å²) in [5.74, 6) is 4.71. The SMILES string of the molecule is C1CC2CC34CCCCC3(CC3CCCC34)C2C1. The second-order valence-corrected chi connectivity index (χ2v) is 8.52. The maximum atomic E-state index is 1.68. The molecule has 0 spiro atoms. The van der Waals surface area contributed by atoms with Gasteiger partial charge in [0.15, 0.2) is 0 Å². The fraction of sp³-hybridized carbons (Fsp3) is 1.00. The van der Waals surface area contributed by atoms with Crippen molar-refractivity contribution in [1.82, 2.24) is 0 Å². The molecule has 5 rings (SSSR count). The highest BCUT2D eigenvalue weighted by atomic mass is 14.8. The van der Waals surface area contributed by atoms with Crippen LogP contribution in [-0.2, 0) is 0 Å². The second kappa shape index (κ2) is 3.36. The van der Waals surface area contributed by atoms with Crippen molar-refractivity contribution in [3.05, 3.63) is 0 Å². The first-order valence-electron chi connectivity index (χ1n) is 8.86. The fourth-order valence-electron chi connectivity index (χ4n) is 8.35. The number of hydrogen-bond donors (Lipinski definition) is 0. The Morgan fingerprint density at radius 1 is 0.556 bits per heavy atom. The van der Waals surface area contributed by atoms with Crippen LogP contribution in [0.4, 0.5) is 0 Å². The Morgan fingerprint density at radius 2 is 1.06 bits per heavy atom. The maximum absolute atomic E-state index is 1.68. The molecule has 0 aliphatic heterocycles. The Bertz CT molecular complexity index is 336. The van der Waals surface area contributed by atoms with E-state index >= 15 is 0 Å². The van der Waals surface area contributed by atoms with E-state index in [1.54, 1.807) is 77.0 Å². The molecule has 18 heavy (non-hydrogen) atoms. The van der Waals surface area contributed by atoms with Gasteiger partial charge < -0.3 is 0 Å². The largest absolute Gasteiger partial charge is 0.0527 e. The Hall–Kier alpha value is 0. The lowest BCUT2D eigenvalue weighted by Crippen LogP contribution is -2.42. The summed E-state index contributed by atoms with van der Waals surface area (Å²) in [6.07, 6.45) is 19.4. The van der Waals surface area contributed by atoms with E-state index in [1.807, 2.05) is 0 Å². The van der Waals surface area contributed by atoms with Crippen LogP contribution < -0.4 is 0 Å². The molecular formula is C18H28. The lowest BCUT2D eigenvalue weighted by molar-refractivity contribution is -0.0142. The summed E-state index contributed by atoms with van der Waals surface area (Å²) >= 11 is 0. The number of rotatable bonds is 0. The first kappa shape index (κ1) is 10.7. The molecule has 5 fully saturated rings. The molecule has 5 saturated carbocycles. The van der Waals surface area contributed by atoms with Crippen molar-refractivity contribution >= 4 is 0 Å². The maximum Gasteiger partial charge on any atom is -0.0204 e. The molecular weight excluding hydrogens is 216 g/mol. The van der Waals surface area contributed by atoms with Crippen molar-refractivity contribution in [2.45, 2.75) is 77.0 Å². The zero-order chi connectivity index (χ0) is 11.8. The van der Waals surface area contributed by atoms with Crippen LogP contribution in [-0.4, -0.2) is 0 Å². The Kier molecular flexibility index (Phi) is 2.01. The highest BCUT2D eigenvalue weighted by Crippen LogP contribution is 2.80. The molecule has 5 aliphatic carbocycles. The van der Waals surface area contributed by atoms with Crippen LogP contribution in [0, 0.1) is 34.5 Å². The Morgan fingerprint density at radius 3 is 1.56 bits per heavy atom. The third kappa shape index (κ3) is 1.00. The zero-order valence-electron chi connectivity index (χ0n) is 11.8. The summed E-state index contributed by atoms with van der Waals surface area (Å²) in [5.41, 5.74) is 1.75. The van der Waals surface area contributed by atoms with E-state index in [0.29, 0.717) is 0 Å². The van der Waals surface area contributed by atoms with Gasteiger partial charge in [0.25, 0.3) is 0 Å². The minimum Gasteiger partial charge on any atom is -0.0527 e. The first-order chi connectivity index (χ1) is 8.86. The minimum atomic E-state index is 0.877. The number of fused-ring (bicyclic) bond motifs is 2. The first-order valence-corrected chi connectivity index (χ1v) is 8.86. The highest BCUT2D eigenvalue weighted by molar-refractivity contribution is 5.20. The quantitative estimate of drug-likeness (QED) is 0.551. The van der Waals surface area contributed by atoms with Gasteiger partial charge in [0.2, 0.25) is 0 Å². The summed E-state index contributed by atoms with van der Waals surface area (Å²) in [4.78, 5) is 0. The Labute approximate surface area is 112 Å². The van der Waals surface area contributed by atoms with Gasteiger partial charge in [-0.2, -0.15) is 0 Å². The average Bonchev–Trinajstić information content (AvgIpc) is 3.04. The lowest BCUT2D eigenvalue weighted by atomic mass is 9.54. The van der Waals surface area contributed by atoms with Crippen molar-refractivity contribution in [2.75, 3.05) is 0 Å². The van der Waals surface area contributed by atoms with Crippen LogP contribution in [0.5, 0.6) is 0 Å². The third-order valence-electron chi connectivity index (χ3n) is 8.48. The van der Waals surface area contributed by atoms with E-state index in [4.69, 9.17) is 0 Å². The van der Waals surface area contributed by atoms with Gasteiger partial charge in [0, 0.05) is 0 Å². The molecule has 0 heteroatoms. The molecule has 0 aromatic heterocycles. The topological polar surface area (TPSA) is 0 Å².